The van der Waals surface area contributed by atoms with E-state index in [4.69, 9.17) is 4.74 Å². The van der Waals surface area contributed by atoms with E-state index < -0.39 is 16.1 Å². The van der Waals surface area contributed by atoms with Crippen molar-refractivity contribution in [1.82, 2.24) is 10.2 Å². The number of nitrogens with one attached hydrogen (secondary N) is 1. The first kappa shape index (κ1) is 24.3. The van der Waals surface area contributed by atoms with E-state index in [1.54, 1.807) is 42.5 Å². The fourth-order valence-electron chi connectivity index (χ4n) is 4.79. The summed E-state index contributed by atoms with van der Waals surface area (Å²) in [6.07, 6.45) is 1.53. The van der Waals surface area contributed by atoms with E-state index in [-0.39, 0.29) is 17.3 Å². The molecule has 2 aliphatic heterocycles. The molecule has 8 heteroatoms. The van der Waals surface area contributed by atoms with Gasteiger partial charge in [-0.25, -0.2) is 8.42 Å². The molecular weight excluding hydrogens is 474 g/mol. The minimum Gasteiger partial charge on any atom is -0.476 e. The summed E-state index contributed by atoms with van der Waals surface area (Å²) in [5.41, 5.74) is 3.57. The highest BCUT2D eigenvalue weighted by atomic mass is 32.2. The van der Waals surface area contributed by atoms with Gasteiger partial charge in [-0.2, -0.15) is 0 Å². The molecule has 0 bridgehead atoms. The molecule has 36 heavy (non-hydrogen) atoms. The zero-order chi connectivity index (χ0) is 25.1. The zero-order valence-electron chi connectivity index (χ0n) is 20.4. The van der Waals surface area contributed by atoms with Crippen LogP contribution in [0.1, 0.15) is 29.5 Å². The van der Waals surface area contributed by atoms with Gasteiger partial charge in [-0.1, -0.05) is 48.5 Å². The molecule has 1 fully saturated rings. The summed E-state index contributed by atoms with van der Waals surface area (Å²) in [5, 5.41) is 2.94. The number of benzene rings is 3. The van der Waals surface area contributed by atoms with Gasteiger partial charge in [0.2, 0.25) is 0 Å². The maximum Gasteiger partial charge on any atom is 0.264 e. The Morgan fingerprint density at radius 3 is 2.50 bits per heavy atom. The molecule has 0 saturated carbocycles. The maximum atomic E-state index is 13.5. The summed E-state index contributed by atoms with van der Waals surface area (Å²) in [6, 6.07) is 21.8. The zero-order valence-corrected chi connectivity index (χ0v) is 21.2. The van der Waals surface area contributed by atoms with Gasteiger partial charge in [0.15, 0.2) is 6.10 Å². The largest absolute Gasteiger partial charge is 0.476 e. The third-order valence-electron chi connectivity index (χ3n) is 6.67. The molecule has 1 saturated heterocycles. The lowest BCUT2D eigenvalue weighted by atomic mass is 10.1. The van der Waals surface area contributed by atoms with Gasteiger partial charge in [-0.3, -0.25) is 14.0 Å². The lowest BCUT2D eigenvalue weighted by molar-refractivity contribution is -0.127. The van der Waals surface area contributed by atoms with Crippen LogP contribution in [0, 0.1) is 6.92 Å². The number of rotatable bonds is 7. The Morgan fingerprint density at radius 1 is 0.972 bits per heavy atom. The van der Waals surface area contributed by atoms with Gasteiger partial charge < -0.3 is 10.1 Å². The number of hydrogen-bond donors (Lipinski definition) is 1. The number of anilines is 1. The number of ether oxygens (including phenoxy) is 1. The van der Waals surface area contributed by atoms with E-state index in [1.807, 2.05) is 25.1 Å². The summed E-state index contributed by atoms with van der Waals surface area (Å²) in [6.45, 7) is 5.31. The quantitative estimate of drug-likeness (QED) is 0.528. The highest BCUT2D eigenvalue weighted by Gasteiger charge is 2.37. The topological polar surface area (TPSA) is 79.0 Å². The Morgan fingerprint density at radius 2 is 1.72 bits per heavy atom. The van der Waals surface area contributed by atoms with Crippen molar-refractivity contribution >= 4 is 21.6 Å². The lowest BCUT2D eigenvalue weighted by Crippen LogP contribution is -2.50. The number of sulfonamides is 1. The molecule has 5 rings (SSSR count). The van der Waals surface area contributed by atoms with E-state index in [9.17, 15) is 13.2 Å². The smallest absolute Gasteiger partial charge is 0.264 e. The molecule has 1 amide bonds. The van der Waals surface area contributed by atoms with Crippen molar-refractivity contribution < 1.29 is 17.9 Å². The second-order valence-electron chi connectivity index (χ2n) is 9.45. The Hall–Kier alpha value is -3.36. The van der Waals surface area contributed by atoms with E-state index in [1.165, 1.54) is 22.7 Å². The van der Waals surface area contributed by atoms with Gasteiger partial charge in [-0.05, 0) is 73.8 Å². The lowest BCUT2D eigenvalue weighted by Gasteiger charge is -2.35. The van der Waals surface area contributed by atoms with Crippen LogP contribution >= 0.6 is 0 Å². The predicted molar refractivity (Wildman–Crippen MR) is 139 cm³/mol. The number of hydrogen-bond acceptors (Lipinski definition) is 5. The molecule has 0 radical (unpaired) electrons. The van der Waals surface area contributed by atoms with Crippen LogP contribution in [0.4, 0.5) is 5.69 Å². The fraction of sp³-hybridized carbons (Fsp3) is 0.321. The average molecular weight is 506 g/mol. The molecule has 188 valence electrons. The normalized spacial score (nSPS) is 17.9. The molecule has 3 aromatic carbocycles. The molecule has 2 aliphatic rings. The molecule has 1 atom stereocenters. The molecule has 1 N–H and O–H groups in total. The van der Waals surface area contributed by atoms with Crippen LogP contribution in [-0.4, -0.2) is 45.0 Å². The molecule has 7 nitrogen and oxygen atoms in total. The molecule has 3 aromatic rings. The minimum absolute atomic E-state index is 0.103. The van der Waals surface area contributed by atoms with Crippen molar-refractivity contribution in [3.63, 3.8) is 0 Å². The highest BCUT2D eigenvalue weighted by Crippen LogP contribution is 2.37. The third kappa shape index (κ3) is 5.24. The van der Waals surface area contributed by atoms with Gasteiger partial charge in [-0.15, -0.1) is 0 Å². The number of nitrogens with zero attached hydrogens (tertiary/aromatic N) is 2. The van der Waals surface area contributed by atoms with Crippen molar-refractivity contribution in [3.8, 4) is 5.75 Å². The Bertz CT molecular complexity index is 1340. The predicted octanol–water partition coefficient (Wildman–Crippen LogP) is 3.86. The van der Waals surface area contributed by atoms with Crippen LogP contribution in [0.25, 0.3) is 0 Å². The monoisotopic (exact) mass is 505 g/mol. The van der Waals surface area contributed by atoms with Crippen molar-refractivity contribution in [2.75, 3.05) is 23.9 Å². The van der Waals surface area contributed by atoms with Crippen LogP contribution < -0.4 is 14.4 Å². The number of aryl methyl sites for hydroxylation is 1. The SMILES string of the molecule is Cc1ccc2c(c1)N(S(=O)(=O)c1ccccc1)C[C@H](C(=O)NCc1cccc(CN3CCCC3)c1)O2. The van der Waals surface area contributed by atoms with E-state index >= 15 is 0 Å². The van der Waals surface area contributed by atoms with E-state index in [0.29, 0.717) is 18.0 Å². The molecule has 2 heterocycles. The van der Waals surface area contributed by atoms with Gasteiger partial charge in [0, 0.05) is 13.1 Å². The Labute approximate surface area is 212 Å². The van der Waals surface area contributed by atoms with E-state index in [2.05, 4.69) is 22.3 Å². The first-order chi connectivity index (χ1) is 17.4. The summed E-state index contributed by atoms with van der Waals surface area (Å²) in [5.74, 6) is 0.0264. The number of carbonyl (C=O) groups excluding carboxylic acids is 1. The Kier molecular flexibility index (Phi) is 6.98. The first-order valence-electron chi connectivity index (χ1n) is 12.3. The van der Waals surface area contributed by atoms with Gasteiger partial charge >= 0.3 is 0 Å². The minimum atomic E-state index is -3.87. The highest BCUT2D eigenvalue weighted by molar-refractivity contribution is 7.92. The van der Waals surface area contributed by atoms with Crippen molar-refractivity contribution in [3.05, 3.63) is 89.5 Å². The molecule has 0 unspecified atom stereocenters. The van der Waals surface area contributed by atoms with E-state index in [0.717, 1.165) is 30.8 Å². The Balaban J connectivity index is 1.32. The molecule has 0 aliphatic carbocycles. The van der Waals surface area contributed by atoms with Gasteiger partial charge in [0.1, 0.15) is 5.75 Å². The summed E-state index contributed by atoms with van der Waals surface area (Å²) < 4.78 is 34.3. The summed E-state index contributed by atoms with van der Waals surface area (Å²) in [4.78, 5) is 15.8. The number of fused-ring (bicyclic) bond motifs is 1. The summed E-state index contributed by atoms with van der Waals surface area (Å²) in [7, 11) is -3.87. The summed E-state index contributed by atoms with van der Waals surface area (Å²) >= 11 is 0. The van der Waals surface area contributed by atoms with Gasteiger partial charge in [0.05, 0.1) is 17.1 Å². The van der Waals surface area contributed by atoms with Crippen LogP contribution in [0.5, 0.6) is 5.75 Å². The number of carbonyl (C=O) groups is 1. The van der Waals surface area contributed by atoms with Crippen molar-refractivity contribution in [1.29, 1.82) is 0 Å². The number of amides is 1. The molecular formula is C28H31N3O4S. The molecule has 0 aromatic heterocycles. The maximum absolute atomic E-state index is 13.5. The second kappa shape index (κ2) is 10.3. The van der Waals surface area contributed by atoms with Crippen LogP contribution in [0.2, 0.25) is 0 Å². The second-order valence-corrected chi connectivity index (χ2v) is 11.3. The standard InChI is InChI=1S/C28H31N3O4S/c1-21-12-13-26-25(16-21)31(36(33,34)24-10-3-2-4-11-24)20-27(35-26)28(32)29-18-22-8-7-9-23(17-22)19-30-14-5-6-15-30/h2-4,7-13,16-17,27H,5-6,14-15,18-20H2,1H3,(H,29,32)/t27-/m1/s1. The third-order valence-corrected chi connectivity index (χ3v) is 8.46. The first-order valence-corrected chi connectivity index (χ1v) is 13.8. The molecule has 0 spiro atoms. The van der Waals surface area contributed by atoms with Crippen molar-refractivity contribution in [2.24, 2.45) is 0 Å². The van der Waals surface area contributed by atoms with Crippen LogP contribution in [0.3, 0.4) is 0 Å². The fourth-order valence-corrected chi connectivity index (χ4v) is 6.27. The van der Waals surface area contributed by atoms with Crippen LogP contribution in [-0.2, 0) is 27.9 Å². The van der Waals surface area contributed by atoms with Crippen LogP contribution in [0.15, 0.2) is 77.7 Å². The number of likely N-dealkylation sites (tertiary alicyclic amines) is 1. The van der Waals surface area contributed by atoms with Crippen molar-refractivity contribution in [2.45, 2.75) is 43.9 Å². The average Bonchev–Trinajstić information content (AvgIpc) is 3.40. The van der Waals surface area contributed by atoms with Gasteiger partial charge in [0.25, 0.3) is 15.9 Å².